The molecule has 0 spiro atoms. The minimum atomic E-state index is -0.424. The third kappa shape index (κ3) is 5.40. The maximum absolute atomic E-state index is 12.1. The number of carbonyl (C=O) groups is 1. The van der Waals surface area contributed by atoms with Crippen molar-refractivity contribution in [2.75, 3.05) is 25.0 Å². The highest BCUT2D eigenvalue weighted by Gasteiger charge is 2.26. The zero-order valence-corrected chi connectivity index (χ0v) is 17.0. The fraction of sp³-hybridized carbons (Fsp3) is 0.632. The number of piperidine rings is 1. The Morgan fingerprint density at radius 2 is 1.79 bits per heavy atom. The van der Waals surface area contributed by atoms with Gasteiger partial charge in [-0.05, 0) is 76.6 Å². The molecule has 0 aromatic heterocycles. The van der Waals surface area contributed by atoms with E-state index < -0.39 is 5.60 Å². The number of benzene rings is 1. The Morgan fingerprint density at radius 3 is 2.29 bits per heavy atom. The number of nitrogens with zero attached hydrogens (tertiary/aromatic N) is 1. The van der Waals surface area contributed by atoms with Gasteiger partial charge in [0.15, 0.2) is 0 Å². The van der Waals surface area contributed by atoms with Gasteiger partial charge in [-0.3, -0.25) is 0 Å². The van der Waals surface area contributed by atoms with Gasteiger partial charge in [0.2, 0.25) is 0 Å². The molecule has 0 radical (unpaired) electrons. The van der Waals surface area contributed by atoms with E-state index in [-0.39, 0.29) is 6.09 Å². The van der Waals surface area contributed by atoms with Gasteiger partial charge in [0.25, 0.3) is 0 Å². The second-order valence-corrected chi connectivity index (χ2v) is 8.62. The monoisotopic (exact) mass is 396 g/mol. The van der Waals surface area contributed by atoms with E-state index in [2.05, 4.69) is 47.2 Å². The summed E-state index contributed by atoms with van der Waals surface area (Å²) in [6.07, 6.45) is 1.84. The zero-order valence-electron chi connectivity index (χ0n) is 15.4. The predicted octanol–water partition coefficient (Wildman–Crippen LogP) is 5.12. The molecular weight excluding hydrogens is 368 g/mol. The van der Waals surface area contributed by atoms with E-state index in [4.69, 9.17) is 4.74 Å². The highest BCUT2D eigenvalue weighted by molar-refractivity contribution is 9.10. The molecule has 0 unspecified atom stereocenters. The number of aryl methyl sites for hydroxylation is 2. The van der Waals surface area contributed by atoms with Gasteiger partial charge in [-0.25, -0.2) is 4.79 Å². The Morgan fingerprint density at radius 1 is 1.25 bits per heavy atom. The van der Waals surface area contributed by atoms with Crippen molar-refractivity contribution >= 4 is 27.7 Å². The quantitative estimate of drug-likeness (QED) is 0.769. The third-order valence-electron chi connectivity index (χ3n) is 4.33. The second kappa shape index (κ2) is 7.77. The first-order chi connectivity index (χ1) is 11.2. The minimum Gasteiger partial charge on any atom is -0.444 e. The van der Waals surface area contributed by atoms with Crippen LogP contribution >= 0.6 is 15.9 Å². The van der Waals surface area contributed by atoms with E-state index in [0.717, 1.165) is 36.9 Å². The van der Waals surface area contributed by atoms with Gasteiger partial charge in [-0.15, -0.1) is 0 Å². The van der Waals surface area contributed by atoms with Crippen molar-refractivity contribution in [2.45, 2.75) is 53.1 Å². The van der Waals surface area contributed by atoms with E-state index in [1.807, 2.05) is 25.7 Å². The summed E-state index contributed by atoms with van der Waals surface area (Å²) in [7, 11) is 0. The zero-order chi connectivity index (χ0) is 17.9. The molecule has 0 bridgehead atoms. The number of halogens is 1. The molecule has 1 heterocycles. The molecule has 1 aliphatic heterocycles. The van der Waals surface area contributed by atoms with Crippen LogP contribution < -0.4 is 5.32 Å². The topological polar surface area (TPSA) is 41.6 Å². The average molecular weight is 397 g/mol. The SMILES string of the molecule is Cc1cc(Br)cc(C)c1NCC1CCN(C(=O)OC(C)(C)C)CC1. The molecule has 134 valence electrons. The predicted molar refractivity (Wildman–Crippen MR) is 103 cm³/mol. The first kappa shape index (κ1) is 19.1. The molecule has 4 nitrogen and oxygen atoms in total. The molecule has 1 N–H and O–H groups in total. The first-order valence-electron chi connectivity index (χ1n) is 8.64. The highest BCUT2D eigenvalue weighted by atomic mass is 79.9. The van der Waals surface area contributed by atoms with Gasteiger partial charge in [-0.1, -0.05) is 15.9 Å². The number of anilines is 1. The lowest BCUT2D eigenvalue weighted by molar-refractivity contribution is 0.0188. The van der Waals surface area contributed by atoms with Crippen LogP contribution in [0.5, 0.6) is 0 Å². The van der Waals surface area contributed by atoms with Crippen LogP contribution in [0.2, 0.25) is 0 Å². The van der Waals surface area contributed by atoms with Crippen LogP contribution in [-0.4, -0.2) is 36.2 Å². The van der Waals surface area contributed by atoms with Crippen LogP contribution in [0.25, 0.3) is 0 Å². The van der Waals surface area contributed by atoms with E-state index in [0.29, 0.717) is 5.92 Å². The van der Waals surface area contributed by atoms with Crippen molar-refractivity contribution in [3.05, 3.63) is 27.7 Å². The molecule has 1 aliphatic rings. The van der Waals surface area contributed by atoms with Gasteiger partial charge < -0.3 is 15.0 Å². The molecule has 1 aromatic carbocycles. The van der Waals surface area contributed by atoms with E-state index >= 15 is 0 Å². The van der Waals surface area contributed by atoms with Crippen LogP contribution in [0.3, 0.4) is 0 Å². The van der Waals surface area contributed by atoms with Crippen molar-refractivity contribution in [3.8, 4) is 0 Å². The molecule has 24 heavy (non-hydrogen) atoms. The number of ether oxygens (including phenoxy) is 1. The number of likely N-dealkylation sites (tertiary alicyclic amines) is 1. The Labute approximate surface area is 154 Å². The number of hydrogen-bond acceptors (Lipinski definition) is 3. The lowest BCUT2D eigenvalue weighted by atomic mass is 9.96. The van der Waals surface area contributed by atoms with Crippen LogP contribution in [0.1, 0.15) is 44.7 Å². The maximum Gasteiger partial charge on any atom is 0.410 e. The van der Waals surface area contributed by atoms with Crippen molar-refractivity contribution in [3.63, 3.8) is 0 Å². The number of nitrogens with one attached hydrogen (secondary N) is 1. The van der Waals surface area contributed by atoms with Crippen molar-refractivity contribution in [1.82, 2.24) is 4.90 Å². The summed E-state index contributed by atoms with van der Waals surface area (Å²) < 4.78 is 6.57. The summed E-state index contributed by atoms with van der Waals surface area (Å²) in [5.74, 6) is 0.589. The van der Waals surface area contributed by atoms with E-state index in [9.17, 15) is 4.79 Å². The van der Waals surface area contributed by atoms with Gasteiger partial charge >= 0.3 is 6.09 Å². The van der Waals surface area contributed by atoms with Crippen LogP contribution in [0.15, 0.2) is 16.6 Å². The number of carbonyl (C=O) groups excluding carboxylic acids is 1. The van der Waals surface area contributed by atoms with Crippen molar-refractivity contribution in [1.29, 1.82) is 0 Å². The Kier molecular flexibility index (Phi) is 6.18. The second-order valence-electron chi connectivity index (χ2n) is 7.71. The summed E-state index contributed by atoms with van der Waals surface area (Å²) in [6, 6.07) is 4.28. The van der Waals surface area contributed by atoms with Crippen LogP contribution in [-0.2, 0) is 4.74 Å². The number of amides is 1. The molecule has 1 saturated heterocycles. The summed E-state index contributed by atoms with van der Waals surface area (Å²) in [4.78, 5) is 13.9. The Balaban J connectivity index is 1.83. The summed E-state index contributed by atoms with van der Waals surface area (Å²) >= 11 is 3.54. The van der Waals surface area contributed by atoms with Crippen LogP contribution in [0, 0.1) is 19.8 Å². The molecule has 0 atom stereocenters. The third-order valence-corrected chi connectivity index (χ3v) is 4.79. The largest absolute Gasteiger partial charge is 0.444 e. The van der Waals surface area contributed by atoms with Gasteiger partial charge in [0, 0.05) is 29.8 Å². The smallest absolute Gasteiger partial charge is 0.410 e. The van der Waals surface area contributed by atoms with Crippen molar-refractivity contribution in [2.24, 2.45) is 5.92 Å². The number of rotatable bonds is 3. The fourth-order valence-corrected chi connectivity index (χ4v) is 3.77. The molecular formula is C19H29BrN2O2. The minimum absolute atomic E-state index is 0.187. The van der Waals surface area contributed by atoms with E-state index in [1.165, 1.54) is 16.8 Å². The van der Waals surface area contributed by atoms with Gasteiger partial charge in [-0.2, -0.15) is 0 Å². The van der Waals surface area contributed by atoms with Gasteiger partial charge in [0.1, 0.15) is 5.60 Å². The summed E-state index contributed by atoms with van der Waals surface area (Å²) in [5, 5.41) is 3.60. The van der Waals surface area contributed by atoms with E-state index in [1.54, 1.807) is 0 Å². The normalized spacial score (nSPS) is 16.2. The van der Waals surface area contributed by atoms with Crippen molar-refractivity contribution < 1.29 is 9.53 Å². The highest BCUT2D eigenvalue weighted by Crippen LogP contribution is 2.26. The Hall–Kier alpha value is -1.23. The lowest BCUT2D eigenvalue weighted by Crippen LogP contribution is -2.42. The summed E-state index contributed by atoms with van der Waals surface area (Å²) in [6.45, 7) is 12.5. The molecule has 0 saturated carbocycles. The molecule has 1 amide bonds. The lowest BCUT2D eigenvalue weighted by Gasteiger charge is -2.33. The van der Waals surface area contributed by atoms with Gasteiger partial charge in [0.05, 0.1) is 0 Å². The molecule has 0 aliphatic carbocycles. The average Bonchev–Trinajstić information content (AvgIpc) is 2.45. The molecule has 2 rings (SSSR count). The molecule has 1 aromatic rings. The molecule has 1 fully saturated rings. The maximum atomic E-state index is 12.1. The summed E-state index contributed by atoms with van der Waals surface area (Å²) in [5.41, 5.74) is 3.32. The van der Waals surface area contributed by atoms with Crippen LogP contribution in [0.4, 0.5) is 10.5 Å². The number of hydrogen-bond donors (Lipinski definition) is 1. The Bertz CT molecular complexity index is 565. The first-order valence-corrected chi connectivity index (χ1v) is 9.43. The molecule has 5 heteroatoms. The standard InChI is InChI=1S/C19H29BrN2O2/c1-13-10-16(20)11-14(2)17(13)21-12-15-6-8-22(9-7-15)18(23)24-19(3,4)5/h10-11,15,21H,6-9,12H2,1-5H3. The fourth-order valence-electron chi connectivity index (χ4n) is 3.08.